The van der Waals surface area contributed by atoms with Crippen LogP contribution in [0.4, 0.5) is 0 Å². The summed E-state index contributed by atoms with van der Waals surface area (Å²) in [5.74, 6) is 1.09. The van der Waals surface area contributed by atoms with Crippen LogP contribution in [0.2, 0.25) is 0 Å². The van der Waals surface area contributed by atoms with E-state index in [1.165, 1.54) is 38.9 Å². The van der Waals surface area contributed by atoms with Gasteiger partial charge in [0.25, 0.3) is 0 Å². The Bertz CT molecular complexity index is 2200. The number of hydrogen-bond donors (Lipinski definition) is 0. The molecule has 2 aliphatic rings. The van der Waals surface area contributed by atoms with Gasteiger partial charge < -0.3 is 4.57 Å². The van der Waals surface area contributed by atoms with Gasteiger partial charge in [-0.2, -0.15) is 0 Å². The number of rotatable bonds is 2. The summed E-state index contributed by atoms with van der Waals surface area (Å²) in [5.41, 5.74) is 14.3. The molecule has 3 aromatic heterocycles. The molecule has 0 N–H and O–H groups in total. The summed E-state index contributed by atoms with van der Waals surface area (Å²) in [6.07, 6.45) is 6.22. The van der Waals surface area contributed by atoms with Crippen molar-refractivity contribution >= 4 is 44.5 Å². The van der Waals surface area contributed by atoms with E-state index in [0.29, 0.717) is 0 Å². The highest BCUT2D eigenvalue weighted by molar-refractivity contribution is 6.03. The van der Waals surface area contributed by atoms with Crippen LogP contribution in [-0.2, 0) is 13.0 Å². The van der Waals surface area contributed by atoms with Gasteiger partial charge in [0.15, 0.2) is 0 Å². The van der Waals surface area contributed by atoms with Gasteiger partial charge in [0, 0.05) is 28.1 Å². The fraction of sp³-hybridized carbons (Fsp3) is 0.0833. The Hall–Kier alpha value is -5.09. The van der Waals surface area contributed by atoms with Crippen LogP contribution in [-0.4, -0.2) is 19.5 Å². The number of aromatic nitrogens is 4. The topological polar surface area (TPSA) is 43.6 Å². The summed E-state index contributed by atoms with van der Waals surface area (Å²) in [5, 5.41) is 2.23. The molecule has 0 saturated heterocycles. The third-order valence-corrected chi connectivity index (χ3v) is 8.57. The Morgan fingerprint density at radius 1 is 0.650 bits per heavy atom. The van der Waals surface area contributed by atoms with E-state index in [1.807, 2.05) is 12.3 Å². The van der Waals surface area contributed by atoms with Crippen molar-refractivity contribution in [2.45, 2.75) is 19.4 Å². The summed E-state index contributed by atoms with van der Waals surface area (Å²) in [6, 6.07) is 34.7. The maximum atomic E-state index is 5.06. The standard InChI is InChI=1S/C36H24N4/c1-2-6-30-29(4-1)21-40-33-16-14-27(20-32(33)39-36(30)40)25-9-10-26-19-28(12-11-24(26)18-25)31-15-13-23-8-7-22-5-3-17-37-34(22)35(23)38-31/h1-8,11-20H,9-10,21H2. The summed E-state index contributed by atoms with van der Waals surface area (Å²) < 4.78 is 2.34. The van der Waals surface area contributed by atoms with Gasteiger partial charge in [0.2, 0.25) is 0 Å². The molecule has 188 valence electrons. The first-order valence-electron chi connectivity index (χ1n) is 13.9. The monoisotopic (exact) mass is 512 g/mol. The number of fused-ring (bicyclic) bond motifs is 9. The third kappa shape index (κ3) is 3.23. The van der Waals surface area contributed by atoms with Gasteiger partial charge >= 0.3 is 0 Å². The molecule has 0 radical (unpaired) electrons. The largest absolute Gasteiger partial charge is 0.319 e. The summed E-state index contributed by atoms with van der Waals surface area (Å²) >= 11 is 0. The maximum Gasteiger partial charge on any atom is 0.141 e. The molecule has 40 heavy (non-hydrogen) atoms. The lowest BCUT2D eigenvalue weighted by molar-refractivity contribution is 0.879. The molecule has 0 amide bonds. The van der Waals surface area contributed by atoms with Crippen molar-refractivity contribution in [3.8, 4) is 22.6 Å². The molecule has 1 aliphatic carbocycles. The summed E-state index contributed by atoms with van der Waals surface area (Å²) in [6.45, 7) is 0.901. The number of pyridine rings is 2. The molecule has 0 fully saturated rings. The lowest BCUT2D eigenvalue weighted by atomic mass is 9.87. The SMILES string of the molecule is C1=C(c2ccc3c(c2)nc2n3Cc3ccccc3-2)CCc2cc(-c3ccc4ccc5cccnc5c4n3)ccc21. The number of nitrogens with zero attached hydrogens (tertiary/aromatic N) is 4. The average molecular weight is 513 g/mol. The molecule has 7 aromatic rings. The fourth-order valence-corrected chi connectivity index (χ4v) is 6.51. The fourth-order valence-electron chi connectivity index (χ4n) is 6.51. The zero-order chi connectivity index (χ0) is 26.2. The molecule has 1 aliphatic heterocycles. The van der Waals surface area contributed by atoms with E-state index in [-0.39, 0.29) is 0 Å². The Balaban J connectivity index is 1.07. The molecule has 0 spiro atoms. The lowest BCUT2D eigenvalue weighted by Crippen LogP contribution is -2.00. The van der Waals surface area contributed by atoms with Crippen LogP contribution in [0.25, 0.3) is 67.1 Å². The predicted molar refractivity (Wildman–Crippen MR) is 163 cm³/mol. The Kier molecular flexibility index (Phi) is 4.47. The number of hydrogen-bond acceptors (Lipinski definition) is 3. The van der Waals surface area contributed by atoms with Crippen molar-refractivity contribution in [1.82, 2.24) is 19.5 Å². The summed E-state index contributed by atoms with van der Waals surface area (Å²) in [4.78, 5) is 14.7. The van der Waals surface area contributed by atoms with Gasteiger partial charge in [0.1, 0.15) is 5.82 Å². The first kappa shape index (κ1) is 21.8. The molecular formula is C36H24N4. The zero-order valence-corrected chi connectivity index (χ0v) is 21.8. The minimum atomic E-state index is 0.901. The van der Waals surface area contributed by atoms with Crippen LogP contribution in [0, 0.1) is 0 Å². The number of aryl methyl sites for hydroxylation is 1. The van der Waals surface area contributed by atoms with E-state index in [2.05, 4.69) is 107 Å². The highest BCUT2D eigenvalue weighted by Crippen LogP contribution is 2.37. The number of imidazole rings is 1. The Morgan fingerprint density at radius 2 is 1.52 bits per heavy atom. The molecule has 0 saturated carbocycles. The van der Waals surface area contributed by atoms with Crippen molar-refractivity contribution in [2.24, 2.45) is 0 Å². The smallest absolute Gasteiger partial charge is 0.141 e. The van der Waals surface area contributed by atoms with Gasteiger partial charge in [-0.3, -0.25) is 4.98 Å². The molecule has 4 heterocycles. The normalized spacial score (nSPS) is 13.8. The van der Waals surface area contributed by atoms with E-state index in [0.717, 1.165) is 63.8 Å². The van der Waals surface area contributed by atoms with Crippen LogP contribution >= 0.6 is 0 Å². The van der Waals surface area contributed by atoms with Crippen molar-refractivity contribution in [3.63, 3.8) is 0 Å². The first-order chi connectivity index (χ1) is 19.8. The second kappa shape index (κ2) is 8.20. The van der Waals surface area contributed by atoms with Gasteiger partial charge in [-0.25, -0.2) is 9.97 Å². The Morgan fingerprint density at radius 3 is 2.50 bits per heavy atom. The highest BCUT2D eigenvalue weighted by atomic mass is 15.1. The van der Waals surface area contributed by atoms with E-state index in [9.17, 15) is 0 Å². The minimum Gasteiger partial charge on any atom is -0.319 e. The molecule has 9 rings (SSSR count). The van der Waals surface area contributed by atoms with E-state index < -0.39 is 0 Å². The van der Waals surface area contributed by atoms with E-state index in [4.69, 9.17) is 9.97 Å². The highest BCUT2D eigenvalue weighted by Gasteiger charge is 2.23. The van der Waals surface area contributed by atoms with Crippen LogP contribution in [0.15, 0.2) is 103 Å². The molecule has 4 nitrogen and oxygen atoms in total. The van der Waals surface area contributed by atoms with Crippen molar-refractivity contribution in [1.29, 1.82) is 0 Å². The van der Waals surface area contributed by atoms with Gasteiger partial charge in [-0.05, 0) is 71.0 Å². The molecule has 4 heteroatoms. The third-order valence-electron chi connectivity index (χ3n) is 8.57. The molecule has 4 aromatic carbocycles. The molecule has 0 bridgehead atoms. The lowest BCUT2D eigenvalue weighted by Gasteiger charge is -2.18. The minimum absolute atomic E-state index is 0.901. The van der Waals surface area contributed by atoms with Crippen molar-refractivity contribution in [2.75, 3.05) is 0 Å². The Labute approximate surface area is 231 Å². The molecule has 0 atom stereocenters. The maximum absolute atomic E-state index is 5.06. The van der Waals surface area contributed by atoms with Gasteiger partial charge in [-0.15, -0.1) is 0 Å². The molecule has 0 unspecified atom stereocenters. The second-order valence-electron chi connectivity index (χ2n) is 10.9. The second-order valence-corrected chi connectivity index (χ2v) is 10.9. The van der Waals surface area contributed by atoms with Crippen LogP contribution < -0.4 is 0 Å². The number of benzene rings is 4. The van der Waals surface area contributed by atoms with Crippen LogP contribution in [0.3, 0.4) is 0 Å². The summed E-state index contributed by atoms with van der Waals surface area (Å²) in [7, 11) is 0. The quantitative estimate of drug-likeness (QED) is 0.219. The zero-order valence-electron chi connectivity index (χ0n) is 21.8. The predicted octanol–water partition coefficient (Wildman–Crippen LogP) is 8.32. The van der Waals surface area contributed by atoms with E-state index in [1.54, 1.807) is 0 Å². The van der Waals surface area contributed by atoms with Gasteiger partial charge in [0.05, 0.1) is 34.3 Å². The van der Waals surface area contributed by atoms with Crippen molar-refractivity contribution < 1.29 is 0 Å². The first-order valence-corrected chi connectivity index (χ1v) is 13.9. The van der Waals surface area contributed by atoms with Crippen LogP contribution in [0.5, 0.6) is 0 Å². The van der Waals surface area contributed by atoms with Crippen molar-refractivity contribution in [3.05, 3.63) is 126 Å². The van der Waals surface area contributed by atoms with Crippen LogP contribution in [0.1, 0.15) is 28.7 Å². The average Bonchev–Trinajstić information content (AvgIpc) is 3.56. The van der Waals surface area contributed by atoms with Gasteiger partial charge in [-0.1, -0.05) is 72.8 Å². The molecular weight excluding hydrogens is 488 g/mol. The van der Waals surface area contributed by atoms with E-state index >= 15 is 0 Å². The number of allylic oxidation sites excluding steroid dienone is 1.